The van der Waals surface area contributed by atoms with Gasteiger partial charge in [-0.15, -0.1) is 0 Å². The van der Waals surface area contributed by atoms with Crippen LogP contribution in [-0.4, -0.2) is 15.5 Å². The third-order valence-electron chi connectivity index (χ3n) is 6.21. The lowest BCUT2D eigenvalue weighted by Gasteiger charge is -2.21. The first-order valence-corrected chi connectivity index (χ1v) is 12.4. The van der Waals surface area contributed by atoms with E-state index in [1.165, 1.54) is 24.9 Å². The fourth-order valence-electron chi connectivity index (χ4n) is 4.54. The number of nitrogens with zero attached hydrogens (tertiary/aromatic N) is 3. The van der Waals surface area contributed by atoms with Crippen LogP contribution in [0.2, 0.25) is 0 Å². The van der Waals surface area contributed by atoms with Crippen LogP contribution in [0.3, 0.4) is 0 Å². The van der Waals surface area contributed by atoms with Crippen LogP contribution in [0.25, 0.3) is 10.9 Å². The first-order chi connectivity index (χ1) is 17.3. The Morgan fingerprint density at radius 2 is 1.89 bits per heavy atom. The lowest BCUT2D eigenvalue weighted by Crippen LogP contribution is -2.28. The molecule has 5 rings (SSSR count). The first-order valence-electron chi connectivity index (χ1n) is 11.6. The van der Waals surface area contributed by atoms with Gasteiger partial charge in [0, 0.05) is 39.3 Å². The number of benzene rings is 3. The van der Waals surface area contributed by atoms with Crippen LogP contribution >= 0.6 is 11.9 Å². The lowest BCUT2D eigenvalue weighted by molar-refractivity contribution is -0.117. The number of carbonyl (C=O) groups is 1. The highest BCUT2D eigenvalue weighted by molar-refractivity contribution is 7.98. The molecule has 3 aromatic carbocycles. The van der Waals surface area contributed by atoms with Crippen molar-refractivity contribution in [2.45, 2.75) is 38.4 Å². The maximum atomic E-state index is 13.8. The van der Waals surface area contributed by atoms with E-state index < -0.39 is 0 Å². The number of hydrogen-bond acceptors (Lipinski definition) is 6. The molecule has 1 aliphatic heterocycles. The van der Waals surface area contributed by atoms with E-state index in [2.05, 4.69) is 10.0 Å². The number of fused-ring (bicyclic) bond motifs is 2. The Balaban J connectivity index is 1.50. The molecule has 4 aromatic rings. The summed E-state index contributed by atoms with van der Waals surface area (Å²) in [5.41, 5.74) is 5.19. The lowest BCUT2D eigenvalue weighted by atomic mass is 10.1. The summed E-state index contributed by atoms with van der Waals surface area (Å²) in [5.74, 6) is 0.159. The Hall–Kier alpha value is -3.85. The summed E-state index contributed by atoms with van der Waals surface area (Å²) >= 11 is 1.25. The van der Waals surface area contributed by atoms with Crippen molar-refractivity contribution in [1.82, 2.24) is 14.3 Å². The van der Waals surface area contributed by atoms with Crippen LogP contribution in [0, 0.1) is 12.7 Å². The fourth-order valence-corrected chi connectivity index (χ4v) is 5.19. The molecule has 0 saturated carbocycles. The summed E-state index contributed by atoms with van der Waals surface area (Å²) in [4.78, 5) is 32.6. The van der Waals surface area contributed by atoms with Gasteiger partial charge in [-0.3, -0.25) is 18.9 Å². The summed E-state index contributed by atoms with van der Waals surface area (Å²) in [6.07, 6.45) is 0. The number of aromatic nitrogens is 2. The molecule has 0 radical (unpaired) electrons. The SMILES string of the molecule is CC(=O)NSc1ccccc1NCc1cc(C)cc2c(=O)n(C)c(N3Cc4ccc(F)cc4C3)nc12. The standard InChI is InChI=1S/C27H26FN5O2S/c1-16-10-19(13-29-23-6-4-5-7-24(23)36-31-17(2)34)25-22(11-16)26(35)32(3)27(30-25)33-14-18-8-9-21(28)12-20(18)15-33/h4-12,29H,13-15H2,1-3H3,(H,31,34). The van der Waals surface area contributed by atoms with Crippen molar-refractivity contribution in [3.63, 3.8) is 0 Å². The van der Waals surface area contributed by atoms with Gasteiger partial charge in [0.15, 0.2) is 0 Å². The minimum atomic E-state index is -0.267. The smallest absolute Gasteiger partial charge is 0.262 e. The van der Waals surface area contributed by atoms with Gasteiger partial charge in [0.1, 0.15) is 5.82 Å². The largest absolute Gasteiger partial charge is 0.380 e. The minimum absolute atomic E-state index is 0.122. The second kappa shape index (κ2) is 9.66. The Labute approximate surface area is 212 Å². The van der Waals surface area contributed by atoms with Gasteiger partial charge in [-0.05, 0) is 71.5 Å². The van der Waals surface area contributed by atoms with Crippen molar-refractivity contribution in [3.8, 4) is 0 Å². The monoisotopic (exact) mass is 503 g/mol. The summed E-state index contributed by atoms with van der Waals surface area (Å²) in [7, 11) is 1.73. The van der Waals surface area contributed by atoms with Crippen LogP contribution in [0.1, 0.15) is 29.2 Å². The zero-order chi connectivity index (χ0) is 25.4. The van der Waals surface area contributed by atoms with Gasteiger partial charge >= 0.3 is 0 Å². The average molecular weight is 504 g/mol. The number of aryl methyl sites for hydroxylation is 1. The minimum Gasteiger partial charge on any atom is -0.380 e. The molecule has 1 aromatic heterocycles. The number of hydrogen-bond donors (Lipinski definition) is 2. The van der Waals surface area contributed by atoms with Crippen LogP contribution in [0.4, 0.5) is 16.0 Å². The van der Waals surface area contributed by atoms with E-state index in [0.717, 1.165) is 32.8 Å². The van der Waals surface area contributed by atoms with Crippen LogP contribution in [-0.2, 0) is 31.5 Å². The maximum absolute atomic E-state index is 13.8. The molecule has 0 saturated heterocycles. The molecular formula is C27H26FN5O2S. The third-order valence-corrected chi connectivity index (χ3v) is 7.18. The molecular weight excluding hydrogens is 477 g/mol. The van der Waals surface area contributed by atoms with Crippen molar-refractivity contribution >= 4 is 40.4 Å². The molecule has 2 heterocycles. The maximum Gasteiger partial charge on any atom is 0.262 e. The zero-order valence-corrected chi connectivity index (χ0v) is 21.1. The van der Waals surface area contributed by atoms with Crippen LogP contribution < -0.4 is 20.5 Å². The number of nitrogens with one attached hydrogen (secondary N) is 2. The van der Waals surface area contributed by atoms with Crippen LogP contribution in [0.15, 0.2) is 64.3 Å². The van der Waals surface area contributed by atoms with E-state index in [-0.39, 0.29) is 17.3 Å². The van der Waals surface area contributed by atoms with Crippen LogP contribution in [0.5, 0.6) is 0 Å². The van der Waals surface area contributed by atoms with Gasteiger partial charge in [-0.25, -0.2) is 9.37 Å². The molecule has 0 atom stereocenters. The number of para-hydroxylation sites is 1. The summed E-state index contributed by atoms with van der Waals surface area (Å²) in [6, 6.07) is 16.4. The molecule has 1 aliphatic rings. The van der Waals surface area contributed by atoms with Crippen molar-refractivity contribution in [2.24, 2.45) is 7.05 Å². The zero-order valence-electron chi connectivity index (χ0n) is 20.3. The topological polar surface area (TPSA) is 79.3 Å². The highest BCUT2D eigenvalue weighted by Crippen LogP contribution is 2.30. The van der Waals surface area contributed by atoms with Gasteiger partial charge in [-0.1, -0.05) is 24.3 Å². The molecule has 9 heteroatoms. The number of amides is 1. The van der Waals surface area contributed by atoms with E-state index in [1.807, 2.05) is 48.2 Å². The van der Waals surface area contributed by atoms with Crippen molar-refractivity contribution in [3.05, 3.63) is 93.0 Å². The molecule has 0 spiro atoms. The predicted octanol–water partition coefficient (Wildman–Crippen LogP) is 4.66. The highest BCUT2D eigenvalue weighted by Gasteiger charge is 2.24. The number of rotatable bonds is 6. The summed E-state index contributed by atoms with van der Waals surface area (Å²) < 4.78 is 18.1. The molecule has 184 valence electrons. The fraction of sp³-hybridized carbons (Fsp3) is 0.222. The molecule has 0 fully saturated rings. The highest BCUT2D eigenvalue weighted by atomic mass is 32.2. The summed E-state index contributed by atoms with van der Waals surface area (Å²) in [6.45, 7) is 4.94. The van der Waals surface area contributed by atoms with Crippen molar-refractivity contribution < 1.29 is 9.18 Å². The van der Waals surface area contributed by atoms with E-state index in [4.69, 9.17) is 4.98 Å². The second-order valence-electron chi connectivity index (χ2n) is 8.98. The number of anilines is 2. The van der Waals surface area contributed by atoms with Crippen molar-refractivity contribution in [2.75, 3.05) is 10.2 Å². The Bertz CT molecular complexity index is 1550. The average Bonchev–Trinajstić information content (AvgIpc) is 3.27. The van der Waals surface area contributed by atoms with Gasteiger partial charge in [0.25, 0.3) is 5.56 Å². The van der Waals surface area contributed by atoms with Gasteiger partial charge in [0.05, 0.1) is 15.8 Å². The third kappa shape index (κ3) is 4.66. The van der Waals surface area contributed by atoms with Gasteiger partial charge in [0.2, 0.25) is 11.9 Å². The van der Waals surface area contributed by atoms with Gasteiger partial charge in [-0.2, -0.15) is 0 Å². The van der Waals surface area contributed by atoms with E-state index >= 15 is 0 Å². The molecule has 36 heavy (non-hydrogen) atoms. The predicted molar refractivity (Wildman–Crippen MR) is 141 cm³/mol. The first kappa shape index (κ1) is 23.9. The quantitative estimate of drug-likeness (QED) is 0.373. The molecule has 2 N–H and O–H groups in total. The normalized spacial score (nSPS) is 12.6. The Morgan fingerprint density at radius 3 is 2.69 bits per heavy atom. The van der Waals surface area contributed by atoms with E-state index in [1.54, 1.807) is 23.7 Å². The van der Waals surface area contributed by atoms with Crippen molar-refractivity contribution in [1.29, 1.82) is 0 Å². The molecule has 1 amide bonds. The molecule has 0 aliphatic carbocycles. The number of carbonyl (C=O) groups excluding carboxylic acids is 1. The Kier molecular flexibility index (Phi) is 6.40. The van der Waals surface area contributed by atoms with Gasteiger partial charge < -0.3 is 10.2 Å². The number of halogens is 1. The molecule has 7 nitrogen and oxygen atoms in total. The molecule has 0 bridgehead atoms. The summed E-state index contributed by atoms with van der Waals surface area (Å²) in [5, 5.41) is 4.00. The van der Waals surface area contributed by atoms with E-state index in [0.29, 0.717) is 36.5 Å². The Morgan fingerprint density at radius 1 is 1.11 bits per heavy atom. The second-order valence-corrected chi connectivity index (χ2v) is 9.82. The van der Waals surface area contributed by atoms with E-state index in [9.17, 15) is 14.0 Å². The molecule has 0 unspecified atom stereocenters.